The molecule has 2 N–H and O–H groups in total. The van der Waals surface area contributed by atoms with Crippen LogP contribution in [0, 0.1) is 10.8 Å². The molecule has 0 amide bonds. The molecule has 0 radical (unpaired) electrons. The molecular weight excluding hydrogens is 288 g/mol. The minimum atomic E-state index is -1.27. The Morgan fingerprint density at radius 3 is 2.39 bits per heavy atom. The number of allylic oxidation sites excluding steroid dienone is 7. The summed E-state index contributed by atoms with van der Waals surface area (Å²) in [5.74, 6) is -0.642. The third-order valence-electron chi connectivity index (χ3n) is 5.73. The second-order valence-corrected chi connectivity index (χ2v) is 8.44. The molecule has 0 spiro atoms. The van der Waals surface area contributed by atoms with Crippen molar-refractivity contribution < 1.29 is 15.0 Å². The molecular formula is C20H26O3. The average Bonchev–Trinajstić information content (AvgIpc) is 2.39. The van der Waals surface area contributed by atoms with Gasteiger partial charge in [-0.15, -0.1) is 0 Å². The van der Waals surface area contributed by atoms with Crippen molar-refractivity contribution >= 4 is 5.78 Å². The van der Waals surface area contributed by atoms with Crippen molar-refractivity contribution in [2.75, 3.05) is 0 Å². The first-order valence-electron chi connectivity index (χ1n) is 8.35. The quantitative estimate of drug-likeness (QED) is 0.764. The summed E-state index contributed by atoms with van der Waals surface area (Å²) in [5.41, 5.74) is 1.60. The lowest BCUT2D eigenvalue weighted by molar-refractivity contribution is -0.116. The molecule has 1 saturated carbocycles. The molecule has 0 aromatic rings. The summed E-state index contributed by atoms with van der Waals surface area (Å²) in [6.45, 7) is 9.75. The van der Waals surface area contributed by atoms with Gasteiger partial charge in [0.05, 0.1) is 5.60 Å². The van der Waals surface area contributed by atoms with Crippen molar-refractivity contribution in [3.8, 4) is 0 Å². The summed E-state index contributed by atoms with van der Waals surface area (Å²) in [5, 5.41) is 20.9. The first kappa shape index (κ1) is 16.3. The van der Waals surface area contributed by atoms with Crippen LogP contribution in [0.4, 0.5) is 0 Å². The molecule has 3 nitrogen and oxygen atoms in total. The lowest BCUT2D eigenvalue weighted by Gasteiger charge is -2.50. The van der Waals surface area contributed by atoms with Gasteiger partial charge in [0.2, 0.25) is 5.78 Å². The number of hydrogen-bond donors (Lipinski definition) is 2. The van der Waals surface area contributed by atoms with E-state index in [9.17, 15) is 15.0 Å². The normalized spacial score (nSPS) is 30.2. The van der Waals surface area contributed by atoms with Crippen LogP contribution in [0.1, 0.15) is 53.9 Å². The van der Waals surface area contributed by atoms with E-state index in [0.717, 1.165) is 30.4 Å². The number of aliphatic hydroxyl groups is 2. The Balaban J connectivity index is 2.23. The van der Waals surface area contributed by atoms with Crippen LogP contribution in [0.5, 0.6) is 0 Å². The lowest BCUT2D eigenvalue weighted by Crippen LogP contribution is -2.41. The fourth-order valence-electron chi connectivity index (χ4n) is 4.58. The molecule has 3 rings (SSSR count). The van der Waals surface area contributed by atoms with E-state index in [-0.39, 0.29) is 22.2 Å². The van der Waals surface area contributed by atoms with Gasteiger partial charge in [-0.25, -0.2) is 0 Å². The highest BCUT2D eigenvalue weighted by molar-refractivity contribution is 6.11. The van der Waals surface area contributed by atoms with Gasteiger partial charge in [0.1, 0.15) is 0 Å². The number of aliphatic hydroxyl groups excluding tert-OH is 1. The summed E-state index contributed by atoms with van der Waals surface area (Å²) in [6.07, 6.45) is 8.99. The Hall–Kier alpha value is -1.61. The molecule has 0 bridgehead atoms. The van der Waals surface area contributed by atoms with Crippen LogP contribution < -0.4 is 0 Å². The van der Waals surface area contributed by atoms with Gasteiger partial charge in [0.15, 0.2) is 5.76 Å². The molecule has 3 aliphatic rings. The third-order valence-corrected chi connectivity index (χ3v) is 5.73. The predicted molar refractivity (Wildman–Crippen MR) is 90.9 cm³/mol. The minimum Gasteiger partial charge on any atom is -0.504 e. The zero-order valence-corrected chi connectivity index (χ0v) is 14.7. The molecule has 0 aromatic heterocycles. The second-order valence-electron chi connectivity index (χ2n) is 8.44. The van der Waals surface area contributed by atoms with E-state index in [0.29, 0.717) is 0 Å². The van der Waals surface area contributed by atoms with E-state index in [4.69, 9.17) is 0 Å². The monoisotopic (exact) mass is 314 g/mol. The van der Waals surface area contributed by atoms with Gasteiger partial charge in [-0.2, -0.15) is 0 Å². The number of Topliss-reactive ketones (excluding diaryl/α,β-unsaturated/α-hetero) is 1. The first-order chi connectivity index (χ1) is 10.5. The maximum atomic E-state index is 12.6. The maximum Gasteiger partial charge on any atom is 0.226 e. The Morgan fingerprint density at radius 1 is 1.13 bits per heavy atom. The third kappa shape index (κ3) is 2.25. The zero-order valence-electron chi connectivity index (χ0n) is 14.7. The molecule has 0 aromatic carbocycles. The second kappa shape index (κ2) is 4.70. The van der Waals surface area contributed by atoms with Gasteiger partial charge < -0.3 is 10.2 Å². The van der Waals surface area contributed by atoms with Gasteiger partial charge >= 0.3 is 0 Å². The molecule has 1 fully saturated rings. The molecule has 3 heteroatoms. The Bertz CT molecular complexity index is 708. The molecule has 124 valence electrons. The summed E-state index contributed by atoms with van der Waals surface area (Å²) < 4.78 is 0. The highest BCUT2D eigenvalue weighted by Gasteiger charge is 2.49. The van der Waals surface area contributed by atoms with Crippen molar-refractivity contribution in [3.63, 3.8) is 0 Å². The summed E-state index contributed by atoms with van der Waals surface area (Å²) in [7, 11) is 0. The van der Waals surface area contributed by atoms with E-state index in [1.807, 2.05) is 6.08 Å². The fraction of sp³-hybridized carbons (Fsp3) is 0.550. The number of rotatable bonds is 1. The summed E-state index contributed by atoms with van der Waals surface area (Å²) in [6, 6.07) is 0. The number of fused-ring (bicyclic) bond motifs is 3. The van der Waals surface area contributed by atoms with E-state index >= 15 is 0 Å². The standard InChI is InChI=1S/C20H26O3/c1-18(2)9-6-10-20(5)14(18)8-7-12-11-13(19(3,4)23)16(21)17(22)15(12)20/h7-8,11,22-23H,6,9-10H2,1-5H3/t20-/m0/s1. The molecule has 0 saturated heterocycles. The van der Waals surface area contributed by atoms with Crippen LogP contribution in [-0.2, 0) is 4.79 Å². The van der Waals surface area contributed by atoms with Crippen molar-refractivity contribution in [2.45, 2.75) is 59.5 Å². The summed E-state index contributed by atoms with van der Waals surface area (Å²) >= 11 is 0. The van der Waals surface area contributed by atoms with Crippen LogP contribution in [0.2, 0.25) is 0 Å². The van der Waals surface area contributed by atoms with Crippen molar-refractivity contribution in [3.05, 3.63) is 46.3 Å². The zero-order chi connectivity index (χ0) is 17.2. The molecule has 0 aliphatic heterocycles. The Kier molecular flexibility index (Phi) is 3.32. The fourth-order valence-corrected chi connectivity index (χ4v) is 4.58. The largest absolute Gasteiger partial charge is 0.504 e. The molecule has 3 aliphatic carbocycles. The molecule has 23 heavy (non-hydrogen) atoms. The molecule has 1 atom stereocenters. The Labute approximate surface area is 138 Å². The van der Waals surface area contributed by atoms with Crippen LogP contribution in [0.25, 0.3) is 0 Å². The highest BCUT2D eigenvalue weighted by Crippen LogP contribution is 2.58. The number of carbonyl (C=O) groups is 1. The topological polar surface area (TPSA) is 57.5 Å². The molecule has 0 unspecified atom stereocenters. The number of carbonyl (C=O) groups excluding carboxylic acids is 1. The van der Waals surface area contributed by atoms with Crippen molar-refractivity contribution in [2.24, 2.45) is 10.8 Å². The van der Waals surface area contributed by atoms with E-state index < -0.39 is 11.4 Å². The number of hydrogen-bond acceptors (Lipinski definition) is 3. The van der Waals surface area contributed by atoms with Crippen LogP contribution in [-0.4, -0.2) is 21.6 Å². The van der Waals surface area contributed by atoms with Crippen LogP contribution in [0.3, 0.4) is 0 Å². The van der Waals surface area contributed by atoms with Gasteiger partial charge in [-0.1, -0.05) is 44.9 Å². The van der Waals surface area contributed by atoms with E-state index in [1.54, 1.807) is 19.9 Å². The smallest absolute Gasteiger partial charge is 0.226 e. The lowest BCUT2D eigenvalue weighted by atomic mass is 9.54. The minimum absolute atomic E-state index is 0.0611. The van der Waals surface area contributed by atoms with Crippen LogP contribution >= 0.6 is 0 Å². The maximum absolute atomic E-state index is 12.6. The SMILES string of the molecule is CC(C)(O)C1=CC2=CC=C3C(C)(C)CCC[C@]3(C)C2=C(O)C1=O. The predicted octanol–water partition coefficient (Wildman–Crippen LogP) is 4.16. The highest BCUT2D eigenvalue weighted by atomic mass is 16.3. The van der Waals surface area contributed by atoms with Crippen molar-refractivity contribution in [1.29, 1.82) is 0 Å². The average molecular weight is 314 g/mol. The van der Waals surface area contributed by atoms with Crippen LogP contribution in [0.15, 0.2) is 46.3 Å². The van der Waals surface area contributed by atoms with E-state index in [1.165, 1.54) is 5.57 Å². The van der Waals surface area contributed by atoms with Crippen molar-refractivity contribution in [1.82, 2.24) is 0 Å². The Morgan fingerprint density at radius 2 is 1.78 bits per heavy atom. The summed E-state index contributed by atoms with van der Waals surface area (Å²) in [4.78, 5) is 12.6. The van der Waals surface area contributed by atoms with Gasteiger partial charge in [0.25, 0.3) is 0 Å². The van der Waals surface area contributed by atoms with Gasteiger partial charge in [-0.3, -0.25) is 4.79 Å². The van der Waals surface area contributed by atoms with Gasteiger partial charge in [0, 0.05) is 16.6 Å². The van der Waals surface area contributed by atoms with E-state index in [2.05, 4.69) is 26.8 Å². The first-order valence-corrected chi connectivity index (χ1v) is 8.35. The van der Waals surface area contributed by atoms with Gasteiger partial charge in [-0.05, 0) is 43.8 Å². The molecule has 0 heterocycles. The number of ketones is 1.